The lowest BCUT2D eigenvalue weighted by atomic mass is 10.1. The lowest BCUT2D eigenvalue weighted by Crippen LogP contribution is -2.15. The minimum absolute atomic E-state index is 0.149. The van der Waals surface area contributed by atoms with E-state index in [9.17, 15) is 18.0 Å². The van der Waals surface area contributed by atoms with E-state index in [1.54, 1.807) is 13.0 Å². The van der Waals surface area contributed by atoms with E-state index < -0.39 is 29.0 Å². The number of hydrogen-bond donors (Lipinski definition) is 2. The molecule has 0 spiro atoms. The van der Waals surface area contributed by atoms with Crippen LogP contribution in [-0.4, -0.2) is 5.91 Å². The average molecular weight is 280 g/mol. The number of carbonyl (C=O) groups is 1. The van der Waals surface area contributed by atoms with Crippen LogP contribution < -0.4 is 11.1 Å². The first-order chi connectivity index (χ1) is 9.38. The van der Waals surface area contributed by atoms with Crippen molar-refractivity contribution >= 4 is 17.3 Å². The summed E-state index contributed by atoms with van der Waals surface area (Å²) in [6, 6.07) is 5.45. The van der Waals surface area contributed by atoms with Crippen LogP contribution in [0.3, 0.4) is 0 Å². The number of rotatable bonds is 2. The summed E-state index contributed by atoms with van der Waals surface area (Å²) in [6.07, 6.45) is 0. The SMILES string of the molecule is Cc1ccc(C(=O)Nc2c(F)cc(F)cc2F)cc1N. The summed E-state index contributed by atoms with van der Waals surface area (Å²) in [5.74, 6) is -4.16. The minimum atomic E-state index is -1.18. The molecule has 0 aliphatic heterocycles. The van der Waals surface area contributed by atoms with Crippen LogP contribution in [0.1, 0.15) is 15.9 Å². The maximum atomic E-state index is 13.4. The molecule has 0 aliphatic carbocycles. The summed E-state index contributed by atoms with van der Waals surface area (Å²) in [6.45, 7) is 1.76. The van der Waals surface area contributed by atoms with Crippen LogP contribution in [0.2, 0.25) is 0 Å². The van der Waals surface area contributed by atoms with E-state index in [0.29, 0.717) is 17.8 Å². The molecule has 0 unspecified atom stereocenters. The Labute approximate surface area is 113 Å². The van der Waals surface area contributed by atoms with Gasteiger partial charge in [-0.2, -0.15) is 0 Å². The van der Waals surface area contributed by atoms with Crippen molar-refractivity contribution < 1.29 is 18.0 Å². The summed E-state index contributed by atoms with van der Waals surface area (Å²) in [5, 5.41) is 2.06. The molecule has 6 heteroatoms. The standard InChI is InChI=1S/C14H11F3N2O/c1-7-2-3-8(4-12(7)18)14(20)19-13-10(16)5-9(15)6-11(13)17/h2-6H,18H2,1H3,(H,19,20). The first-order valence-corrected chi connectivity index (χ1v) is 5.70. The topological polar surface area (TPSA) is 55.1 Å². The normalized spacial score (nSPS) is 10.4. The number of benzene rings is 2. The second-order valence-electron chi connectivity index (χ2n) is 4.27. The molecule has 104 valence electrons. The monoisotopic (exact) mass is 280 g/mol. The van der Waals surface area contributed by atoms with Crippen LogP contribution in [0.4, 0.5) is 24.5 Å². The largest absolute Gasteiger partial charge is 0.398 e. The Balaban J connectivity index is 2.30. The maximum Gasteiger partial charge on any atom is 0.255 e. The number of aryl methyl sites for hydroxylation is 1. The number of amides is 1. The van der Waals surface area contributed by atoms with Crippen molar-refractivity contribution in [3.8, 4) is 0 Å². The zero-order valence-corrected chi connectivity index (χ0v) is 10.5. The Morgan fingerprint density at radius 2 is 1.70 bits per heavy atom. The summed E-state index contributed by atoms with van der Waals surface area (Å²) in [4.78, 5) is 11.9. The molecule has 0 atom stereocenters. The van der Waals surface area contributed by atoms with Crippen molar-refractivity contribution in [2.45, 2.75) is 6.92 Å². The molecule has 0 aliphatic rings. The van der Waals surface area contributed by atoms with Gasteiger partial charge in [-0.25, -0.2) is 13.2 Å². The fourth-order valence-corrected chi connectivity index (χ4v) is 1.63. The van der Waals surface area contributed by atoms with E-state index in [2.05, 4.69) is 5.32 Å². The molecule has 20 heavy (non-hydrogen) atoms. The van der Waals surface area contributed by atoms with Crippen LogP contribution in [0.15, 0.2) is 30.3 Å². The van der Waals surface area contributed by atoms with E-state index in [0.717, 1.165) is 5.56 Å². The number of nitrogen functional groups attached to an aromatic ring is 1. The number of anilines is 2. The van der Waals surface area contributed by atoms with Crippen LogP contribution in [0.25, 0.3) is 0 Å². The molecule has 0 fully saturated rings. The van der Waals surface area contributed by atoms with Gasteiger partial charge in [0.25, 0.3) is 5.91 Å². The molecular weight excluding hydrogens is 269 g/mol. The molecule has 3 nitrogen and oxygen atoms in total. The van der Waals surface area contributed by atoms with Gasteiger partial charge in [0.1, 0.15) is 11.5 Å². The zero-order valence-electron chi connectivity index (χ0n) is 10.5. The van der Waals surface area contributed by atoms with E-state index in [4.69, 9.17) is 5.73 Å². The molecule has 1 amide bonds. The van der Waals surface area contributed by atoms with Gasteiger partial charge in [-0.05, 0) is 24.6 Å². The quantitative estimate of drug-likeness (QED) is 0.830. The summed E-state index contributed by atoms with van der Waals surface area (Å²) in [5.41, 5.74) is 6.27. The molecule has 0 radical (unpaired) electrons. The molecule has 2 aromatic rings. The smallest absolute Gasteiger partial charge is 0.255 e. The van der Waals surface area contributed by atoms with Crippen molar-refractivity contribution in [1.82, 2.24) is 0 Å². The van der Waals surface area contributed by atoms with Gasteiger partial charge in [-0.3, -0.25) is 4.79 Å². The highest BCUT2D eigenvalue weighted by molar-refractivity contribution is 6.05. The van der Waals surface area contributed by atoms with Crippen molar-refractivity contribution in [3.05, 3.63) is 58.9 Å². The maximum absolute atomic E-state index is 13.4. The number of carbonyl (C=O) groups excluding carboxylic acids is 1. The highest BCUT2D eigenvalue weighted by Crippen LogP contribution is 2.21. The Hall–Kier alpha value is -2.50. The van der Waals surface area contributed by atoms with Gasteiger partial charge in [0.05, 0.1) is 0 Å². The Bertz CT molecular complexity index is 663. The predicted octanol–water partition coefficient (Wildman–Crippen LogP) is 3.25. The molecule has 2 aromatic carbocycles. The van der Waals surface area contributed by atoms with Gasteiger partial charge >= 0.3 is 0 Å². The van der Waals surface area contributed by atoms with Gasteiger partial charge in [0.15, 0.2) is 11.6 Å². The number of nitrogens with two attached hydrogens (primary N) is 1. The van der Waals surface area contributed by atoms with Crippen LogP contribution in [-0.2, 0) is 0 Å². The molecule has 0 bridgehead atoms. The van der Waals surface area contributed by atoms with E-state index in [1.165, 1.54) is 12.1 Å². The predicted molar refractivity (Wildman–Crippen MR) is 69.9 cm³/mol. The van der Waals surface area contributed by atoms with E-state index >= 15 is 0 Å². The minimum Gasteiger partial charge on any atom is -0.398 e. The lowest BCUT2D eigenvalue weighted by molar-refractivity contribution is 0.102. The third-order valence-electron chi connectivity index (χ3n) is 2.79. The number of halogens is 3. The highest BCUT2D eigenvalue weighted by atomic mass is 19.1. The van der Waals surface area contributed by atoms with Gasteiger partial charge in [-0.1, -0.05) is 6.07 Å². The molecule has 2 rings (SSSR count). The summed E-state index contributed by atoms with van der Waals surface area (Å²) >= 11 is 0. The zero-order chi connectivity index (χ0) is 14.9. The molecule has 0 saturated carbocycles. The number of hydrogen-bond acceptors (Lipinski definition) is 2. The first-order valence-electron chi connectivity index (χ1n) is 5.70. The average Bonchev–Trinajstić information content (AvgIpc) is 2.36. The molecule has 0 aromatic heterocycles. The van der Waals surface area contributed by atoms with Gasteiger partial charge in [0, 0.05) is 23.4 Å². The Morgan fingerprint density at radius 1 is 1.10 bits per heavy atom. The van der Waals surface area contributed by atoms with Crippen LogP contribution in [0.5, 0.6) is 0 Å². The van der Waals surface area contributed by atoms with Crippen LogP contribution in [0, 0.1) is 24.4 Å². The summed E-state index contributed by atoms with van der Waals surface area (Å²) in [7, 11) is 0. The first kappa shape index (κ1) is 13.9. The van der Waals surface area contributed by atoms with Crippen molar-refractivity contribution in [3.63, 3.8) is 0 Å². The lowest BCUT2D eigenvalue weighted by Gasteiger charge is -2.09. The fourth-order valence-electron chi connectivity index (χ4n) is 1.63. The fraction of sp³-hybridized carbons (Fsp3) is 0.0714. The highest BCUT2D eigenvalue weighted by Gasteiger charge is 2.15. The Kier molecular flexibility index (Phi) is 3.65. The molecule has 0 saturated heterocycles. The molecule has 3 N–H and O–H groups in total. The second kappa shape index (κ2) is 5.24. The van der Waals surface area contributed by atoms with Crippen LogP contribution >= 0.6 is 0 Å². The summed E-state index contributed by atoms with van der Waals surface area (Å²) < 4.78 is 39.6. The number of nitrogens with one attached hydrogen (secondary N) is 1. The van der Waals surface area contributed by atoms with Gasteiger partial charge in [-0.15, -0.1) is 0 Å². The van der Waals surface area contributed by atoms with Crippen molar-refractivity contribution in [2.24, 2.45) is 0 Å². The van der Waals surface area contributed by atoms with Gasteiger partial charge < -0.3 is 11.1 Å². The third-order valence-corrected chi connectivity index (χ3v) is 2.79. The molecular formula is C14H11F3N2O. The van der Waals surface area contributed by atoms with Crippen molar-refractivity contribution in [2.75, 3.05) is 11.1 Å². The van der Waals surface area contributed by atoms with Crippen molar-refractivity contribution in [1.29, 1.82) is 0 Å². The van der Waals surface area contributed by atoms with E-state index in [-0.39, 0.29) is 5.56 Å². The Morgan fingerprint density at radius 3 is 2.25 bits per heavy atom. The molecule has 0 heterocycles. The third kappa shape index (κ3) is 2.74. The van der Waals surface area contributed by atoms with Gasteiger partial charge in [0.2, 0.25) is 0 Å². The second-order valence-corrected chi connectivity index (χ2v) is 4.27. The van der Waals surface area contributed by atoms with E-state index in [1.807, 2.05) is 0 Å².